The average molecular weight is 361 g/mol. The van der Waals surface area contributed by atoms with E-state index in [0.717, 1.165) is 12.8 Å². The number of amides is 2. The molecule has 126 valence electrons. The molecule has 7 heteroatoms. The molecule has 0 spiro atoms. The monoisotopic (exact) mass is 361 g/mol. The maximum atomic E-state index is 12.1. The number of unbranched alkanes of at least 4 members (excludes halogenated alkanes) is 1. The van der Waals surface area contributed by atoms with Crippen molar-refractivity contribution in [3.05, 3.63) is 52.2 Å². The van der Waals surface area contributed by atoms with Crippen LogP contribution in [0.5, 0.6) is 0 Å². The summed E-state index contributed by atoms with van der Waals surface area (Å²) in [6, 6.07) is 10.5. The quantitative estimate of drug-likeness (QED) is 0.545. The highest BCUT2D eigenvalue weighted by atomic mass is 32.1. The van der Waals surface area contributed by atoms with Crippen molar-refractivity contribution >= 4 is 46.2 Å². The van der Waals surface area contributed by atoms with E-state index in [1.54, 1.807) is 36.4 Å². The van der Waals surface area contributed by atoms with Gasteiger partial charge >= 0.3 is 0 Å². The fourth-order valence-corrected chi connectivity index (χ4v) is 2.78. The van der Waals surface area contributed by atoms with Gasteiger partial charge in [0.2, 0.25) is 0 Å². The smallest absolute Gasteiger partial charge is 0.267 e. The number of hydrogen-bond donors (Lipinski definition) is 3. The largest absolute Gasteiger partial charge is 0.352 e. The molecular weight excluding hydrogens is 342 g/mol. The van der Waals surface area contributed by atoms with Crippen LogP contribution in [0.1, 0.15) is 39.8 Å². The lowest BCUT2D eigenvalue weighted by molar-refractivity contribution is 0.0951. The summed E-state index contributed by atoms with van der Waals surface area (Å²) in [5.41, 5.74) is 1.19. The molecule has 0 bridgehead atoms. The van der Waals surface area contributed by atoms with Gasteiger partial charge in [-0.15, -0.1) is 11.3 Å². The molecule has 0 atom stereocenters. The van der Waals surface area contributed by atoms with Crippen LogP contribution in [0.15, 0.2) is 41.8 Å². The van der Waals surface area contributed by atoms with Crippen molar-refractivity contribution in [2.75, 3.05) is 11.9 Å². The number of thiophene rings is 1. The maximum absolute atomic E-state index is 12.1. The predicted molar refractivity (Wildman–Crippen MR) is 102 cm³/mol. The zero-order valence-corrected chi connectivity index (χ0v) is 14.9. The van der Waals surface area contributed by atoms with Gasteiger partial charge < -0.3 is 10.6 Å². The Labute approximate surface area is 150 Å². The number of nitrogens with one attached hydrogen (secondary N) is 3. The highest BCUT2D eigenvalue weighted by Gasteiger charge is 2.10. The van der Waals surface area contributed by atoms with Gasteiger partial charge in [0.15, 0.2) is 5.11 Å². The van der Waals surface area contributed by atoms with Crippen LogP contribution in [0.2, 0.25) is 0 Å². The van der Waals surface area contributed by atoms with E-state index in [0.29, 0.717) is 22.7 Å². The fourth-order valence-electron chi connectivity index (χ4n) is 1.95. The minimum atomic E-state index is -0.254. The van der Waals surface area contributed by atoms with Crippen LogP contribution in [-0.4, -0.2) is 23.5 Å². The molecule has 2 amide bonds. The molecule has 24 heavy (non-hydrogen) atoms. The Morgan fingerprint density at radius 3 is 2.71 bits per heavy atom. The Morgan fingerprint density at radius 1 is 1.17 bits per heavy atom. The number of rotatable bonds is 6. The van der Waals surface area contributed by atoms with Crippen molar-refractivity contribution in [1.82, 2.24) is 10.6 Å². The molecule has 0 aliphatic rings. The molecule has 2 rings (SSSR count). The normalized spacial score (nSPS) is 10.0. The van der Waals surface area contributed by atoms with Crippen molar-refractivity contribution in [2.24, 2.45) is 0 Å². The summed E-state index contributed by atoms with van der Waals surface area (Å²) < 4.78 is 0. The van der Waals surface area contributed by atoms with Crippen molar-refractivity contribution in [1.29, 1.82) is 0 Å². The van der Waals surface area contributed by atoms with Gasteiger partial charge in [-0.2, -0.15) is 0 Å². The molecule has 0 saturated carbocycles. The number of benzene rings is 1. The van der Waals surface area contributed by atoms with Crippen molar-refractivity contribution in [2.45, 2.75) is 19.8 Å². The van der Waals surface area contributed by atoms with Crippen LogP contribution < -0.4 is 16.0 Å². The van der Waals surface area contributed by atoms with Gasteiger partial charge in [-0.1, -0.05) is 25.5 Å². The molecule has 2 aromatic rings. The predicted octanol–water partition coefficient (Wildman–Crippen LogP) is 3.40. The van der Waals surface area contributed by atoms with Crippen molar-refractivity contribution in [3.8, 4) is 0 Å². The SMILES string of the molecule is CCCCNC(=O)c1cccc(NC(=S)NC(=O)c2cccs2)c1. The highest BCUT2D eigenvalue weighted by Crippen LogP contribution is 2.11. The lowest BCUT2D eigenvalue weighted by atomic mass is 10.2. The molecule has 0 radical (unpaired) electrons. The summed E-state index contributed by atoms with van der Waals surface area (Å²) in [5.74, 6) is -0.378. The minimum absolute atomic E-state index is 0.124. The first kappa shape index (κ1) is 18.1. The first-order chi connectivity index (χ1) is 11.6. The van der Waals surface area contributed by atoms with Gasteiger partial charge in [0, 0.05) is 17.8 Å². The van der Waals surface area contributed by atoms with E-state index in [1.165, 1.54) is 11.3 Å². The summed E-state index contributed by atoms with van der Waals surface area (Å²) in [6.07, 6.45) is 1.97. The lowest BCUT2D eigenvalue weighted by Crippen LogP contribution is -2.33. The Balaban J connectivity index is 1.92. The number of anilines is 1. The van der Waals surface area contributed by atoms with Crippen LogP contribution in [-0.2, 0) is 0 Å². The third kappa shape index (κ3) is 5.43. The first-order valence-corrected chi connectivity index (χ1v) is 8.93. The van der Waals surface area contributed by atoms with Gasteiger partial charge in [0.25, 0.3) is 11.8 Å². The second-order valence-electron chi connectivity index (χ2n) is 5.08. The molecule has 3 N–H and O–H groups in total. The highest BCUT2D eigenvalue weighted by molar-refractivity contribution is 7.80. The average Bonchev–Trinajstić information content (AvgIpc) is 3.09. The number of carbonyl (C=O) groups is 2. The van der Waals surface area contributed by atoms with Crippen LogP contribution in [0.25, 0.3) is 0 Å². The van der Waals surface area contributed by atoms with Crippen molar-refractivity contribution in [3.63, 3.8) is 0 Å². The van der Waals surface area contributed by atoms with E-state index in [9.17, 15) is 9.59 Å². The molecule has 0 saturated heterocycles. The Bertz CT molecular complexity index is 714. The zero-order valence-electron chi connectivity index (χ0n) is 13.3. The molecule has 1 aromatic carbocycles. The van der Waals surface area contributed by atoms with Crippen molar-refractivity contribution < 1.29 is 9.59 Å². The van der Waals surface area contributed by atoms with Gasteiger partial charge in [-0.05, 0) is 48.3 Å². The summed E-state index contributed by atoms with van der Waals surface area (Å²) in [5, 5.41) is 10.4. The Hall–Kier alpha value is -2.25. The topological polar surface area (TPSA) is 70.2 Å². The lowest BCUT2D eigenvalue weighted by Gasteiger charge is -2.10. The Morgan fingerprint density at radius 2 is 2.00 bits per heavy atom. The molecule has 0 unspecified atom stereocenters. The molecule has 0 aliphatic heterocycles. The molecule has 1 aromatic heterocycles. The third-order valence-electron chi connectivity index (χ3n) is 3.17. The minimum Gasteiger partial charge on any atom is -0.352 e. The standard InChI is InChI=1S/C17H19N3O2S2/c1-2-3-9-18-15(21)12-6-4-7-13(11-12)19-17(23)20-16(22)14-8-5-10-24-14/h4-8,10-11H,2-3,9H2,1H3,(H,18,21)(H2,19,20,22,23). The molecule has 5 nitrogen and oxygen atoms in total. The fraction of sp³-hybridized carbons (Fsp3) is 0.235. The summed E-state index contributed by atoms with van der Waals surface area (Å²) in [7, 11) is 0. The van der Waals surface area contributed by atoms with E-state index in [1.807, 2.05) is 5.38 Å². The molecule has 0 aliphatic carbocycles. The number of thiocarbonyl (C=S) groups is 1. The molecule has 1 heterocycles. The van der Waals surface area contributed by atoms with Gasteiger partial charge in [-0.3, -0.25) is 14.9 Å². The summed E-state index contributed by atoms with van der Waals surface area (Å²) in [6.45, 7) is 2.73. The molecular formula is C17H19N3O2S2. The third-order valence-corrected chi connectivity index (χ3v) is 4.24. The maximum Gasteiger partial charge on any atom is 0.267 e. The Kier molecular flexibility index (Phi) is 6.89. The number of carbonyl (C=O) groups excluding carboxylic acids is 2. The molecule has 0 fully saturated rings. The van der Waals surface area contributed by atoms with E-state index in [4.69, 9.17) is 12.2 Å². The number of hydrogen-bond acceptors (Lipinski definition) is 4. The summed E-state index contributed by atoms with van der Waals surface area (Å²) >= 11 is 6.48. The van der Waals surface area contributed by atoms with E-state index in [-0.39, 0.29) is 16.9 Å². The zero-order chi connectivity index (χ0) is 17.4. The second kappa shape index (κ2) is 9.14. The van der Waals surface area contributed by atoms with Gasteiger partial charge in [-0.25, -0.2) is 0 Å². The van der Waals surface area contributed by atoms with E-state index >= 15 is 0 Å². The second-order valence-corrected chi connectivity index (χ2v) is 6.43. The van der Waals surface area contributed by atoms with Crippen LogP contribution in [0.3, 0.4) is 0 Å². The van der Waals surface area contributed by atoms with Crippen LogP contribution >= 0.6 is 23.6 Å². The van der Waals surface area contributed by atoms with E-state index in [2.05, 4.69) is 22.9 Å². The van der Waals surface area contributed by atoms with E-state index < -0.39 is 0 Å². The van der Waals surface area contributed by atoms with Gasteiger partial charge in [0.05, 0.1) is 4.88 Å². The van der Waals surface area contributed by atoms with Crippen LogP contribution in [0.4, 0.5) is 5.69 Å². The van der Waals surface area contributed by atoms with Gasteiger partial charge in [0.1, 0.15) is 0 Å². The summed E-state index contributed by atoms with van der Waals surface area (Å²) in [4.78, 5) is 24.6. The first-order valence-electron chi connectivity index (χ1n) is 7.64. The van der Waals surface area contributed by atoms with Crippen LogP contribution in [0, 0.1) is 0 Å².